The summed E-state index contributed by atoms with van der Waals surface area (Å²) >= 11 is 0. The summed E-state index contributed by atoms with van der Waals surface area (Å²) in [4.78, 5) is 20.1. The first-order valence-corrected chi connectivity index (χ1v) is 11.1. The Labute approximate surface area is 201 Å². The van der Waals surface area contributed by atoms with Crippen LogP contribution < -0.4 is 10.1 Å². The minimum Gasteiger partial charge on any atom is -0.496 e. The van der Waals surface area contributed by atoms with Crippen molar-refractivity contribution in [2.45, 2.75) is 26.3 Å². The third-order valence-corrected chi connectivity index (χ3v) is 5.76. The van der Waals surface area contributed by atoms with E-state index in [4.69, 9.17) is 4.74 Å². The SMILES string of the molecule is CCCc1cc(-c2cc(NCCn3c(C#N)cc4c(OC)ccc(F)c43)ncn2)ccc1C(=O)O. The van der Waals surface area contributed by atoms with Gasteiger partial charge in [0.05, 0.1) is 23.9 Å². The molecule has 178 valence electrons. The molecule has 2 aromatic heterocycles. The molecule has 0 spiro atoms. The molecule has 4 rings (SSSR count). The molecule has 0 fully saturated rings. The van der Waals surface area contributed by atoms with Crippen LogP contribution in [0.3, 0.4) is 0 Å². The van der Waals surface area contributed by atoms with E-state index in [9.17, 15) is 19.6 Å². The average molecular weight is 474 g/mol. The summed E-state index contributed by atoms with van der Waals surface area (Å²) < 4.78 is 21.5. The van der Waals surface area contributed by atoms with Gasteiger partial charge in [0.1, 0.15) is 35.5 Å². The van der Waals surface area contributed by atoms with Gasteiger partial charge < -0.3 is 19.7 Å². The van der Waals surface area contributed by atoms with Crippen molar-refractivity contribution in [3.63, 3.8) is 0 Å². The van der Waals surface area contributed by atoms with E-state index in [0.29, 0.717) is 58.9 Å². The third-order valence-electron chi connectivity index (χ3n) is 5.76. The number of methoxy groups -OCH3 is 1. The lowest BCUT2D eigenvalue weighted by molar-refractivity contribution is 0.0695. The van der Waals surface area contributed by atoms with E-state index in [1.807, 2.05) is 13.0 Å². The van der Waals surface area contributed by atoms with Crippen LogP contribution in [0.2, 0.25) is 0 Å². The topological polar surface area (TPSA) is 113 Å². The lowest BCUT2D eigenvalue weighted by atomic mass is 9.99. The second-order valence-electron chi connectivity index (χ2n) is 7.95. The van der Waals surface area contributed by atoms with Crippen molar-refractivity contribution in [3.8, 4) is 23.1 Å². The molecule has 0 aliphatic heterocycles. The monoisotopic (exact) mass is 473 g/mol. The van der Waals surface area contributed by atoms with Gasteiger partial charge >= 0.3 is 5.97 Å². The smallest absolute Gasteiger partial charge is 0.335 e. The molecular weight excluding hydrogens is 449 g/mol. The summed E-state index contributed by atoms with van der Waals surface area (Å²) in [6, 6.07) is 13.6. The molecule has 8 nitrogen and oxygen atoms in total. The van der Waals surface area contributed by atoms with Gasteiger partial charge in [-0.15, -0.1) is 0 Å². The Morgan fingerprint density at radius 2 is 2.06 bits per heavy atom. The molecule has 4 aromatic rings. The van der Waals surface area contributed by atoms with Crippen molar-refractivity contribution < 1.29 is 19.0 Å². The number of carboxylic acid groups (broad SMARTS) is 1. The fraction of sp³-hybridized carbons (Fsp3) is 0.231. The average Bonchev–Trinajstić information content (AvgIpc) is 3.24. The maximum absolute atomic E-state index is 14.6. The van der Waals surface area contributed by atoms with E-state index in [1.54, 1.807) is 34.9 Å². The van der Waals surface area contributed by atoms with Crippen LogP contribution in [0, 0.1) is 17.1 Å². The number of anilines is 1. The van der Waals surface area contributed by atoms with Crippen LogP contribution in [0.25, 0.3) is 22.2 Å². The van der Waals surface area contributed by atoms with Gasteiger partial charge in [-0.05, 0) is 42.3 Å². The highest BCUT2D eigenvalue weighted by Gasteiger charge is 2.16. The van der Waals surface area contributed by atoms with Gasteiger partial charge in [-0.3, -0.25) is 0 Å². The second-order valence-corrected chi connectivity index (χ2v) is 7.95. The third kappa shape index (κ3) is 4.77. The van der Waals surface area contributed by atoms with Crippen LogP contribution in [-0.4, -0.2) is 39.3 Å². The summed E-state index contributed by atoms with van der Waals surface area (Å²) in [6.45, 7) is 2.70. The molecule has 2 aromatic carbocycles. The molecule has 0 aliphatic carbocycles. The predicted molar refractivity (Wildman–Crippen MR) is 130 cm³/mol. The van der Waals surface area contributed by atoms with Gasteiger partial charge in [0, 0.05) is 30.1 Å². The van der Waals surface area contributed by atoms with Gasteiger partial charge in [0.15, 0.2) is 0 Å². The highest BCUT2D eigenvalue weighted by Crippen LogP contribution is 2.31. The molecule has 0 aliphatic rings. The van der Waals surface area contributed by atoms with E-state index in [1.165, 1.54) is 19.5 Å². The molecule has 0 radical (unpaired) electrons. The number of rotatable bonds is 9. The van der Waals surface area contributed by atoms with Gasteiger partial charge in [0.2, 0.25) is 0 Å². The summed E-state index contributed by atoms with van der Waals surface area (Å²) in [6.07, 6.45) is 2.91. The van der Waals surface area contributed by atoms with Crippen molar-refractivity contribution in [2.24, 2.45) is 0 Å². The molecule has 0 saturated heterocycles. The van der Waals surface area contributed by atoms with Crippen LogP contribution in [0.15, 0.2) is 48.8 Å². The normalized spacial score (nSPS) is 10.8. The zero-order valence-electron chi connectivity index (χ0n) is 19.4. The molecule has 0 amide bonds. The van der Waals surface area contributed by atoms with Crippen LogP contribution in [0.1, 0.15) is 35.0 Å². The fourth-order valence-electron chi connectivity index (χ4n) is 4.16. The minimum absolute atomic E-state index is 0.291. The Kier molecular flexibility index (Phi) is 6.92. The first-order chi connectivity index (χ1) is 17.0. The second kappa shape index (κ2) is 10.2. The Balaban J connectivity index is 1.56. The largest absolute Gasteiger partial charge is 0.496 e. The number of aryl methyl sites for hydroxylation is 1. The van der Waals surface area contributed by atoms with Crippen molar-refractivity contribution in [3.05, 3.63) is 71.4 Å². The quantitative estimate of drug-likeness (QED) is 0.356. The van der Waals surface area contributed by atoms with E-state index in [0.717, 1.165) is 17.5 Å². The number of halogens is 1. The van der Waals surface area contributed by atoms with Crippen molar-refractivity contribution >= 4 is 22.7 Å². The molecule has 0 unspecified atom stereocenters. The van der Waals surface area contributed by atoms with Crippen molar-refractivity contribution in [1.29, 1.82) is 5.26 Å². The van der Waals surface area contributed by atoms with Crippen molar-refractivity contribution in [1.82, 2.24) is 14.5 Å². The Morgan fingerprint density at radius 3 is 2.77 bits per heavy atom. The minimum atomic E-state index is -0.951. The number of carbonyl (C=O) groups is 1. The van der Waals surface area contributed by atoms with Gasteiger partial charge in [0.25, 0.3) is 0 Å². The van der Waals surface area contributed by atoms with Gasteiger partial charge in [-0.25, -0.2) is 19.2 Å². The number of nitriles is 1. The lowest BCUT2D eigenvalue weighted by Crippen LogP contribution is -2.13. The maximum atomic E-state index is 14.6. The van der Waals surface area contributed by atoms with Crippen LogP contribution >= 0.6 is 0 Å². The number of fused-ring (bicyclic) bond motifs is 1. The van der Waals surface area contributed by atoms with Crippen LogP contribution in [0.5, 0.6) is 5.75 Å². The number of carboxylic acids is 1. The maximum Gasteiger partial charge on any atom is 0.335 e. The number of aromatic nitrogens is 3. The Bertz CT molecular complexity index is 1440. The van der Waals surface area contributed by atoms with Crippen LogP contribution in [-0.2, 0) is 13.0 Å². The lowest BCUT2D eigenvalue weighted by Gasteiger charge is -2.12. The molecule has 0 atom stereocenters. The molecule has 2 N–H and O–H groups in total. The number of benzene rings is 2. The summed E-state index contributed by atoms with van der Waals surface area (Å²) in [5, 5.41) is 22.7. The van der Waals surface area contributed by atoms with E-state index < -0.39 is 11.8 Å². The number of hydrogen-bond donors (Lipinski definition) is 2. The molecule has 2 heterocycles. The van der Waals surface area contributed by atoms with E-state index in [2.05, 4.69) is 21.4 Å². The van der Waals surface area contributed by atoms with E-state index in [-0.39, 0.29) is 0 Å². The zero-order valence-corrected chi connectivity index (χ0v) is 19.4. The molecule has 35 heavy (non-hydrogen) atoms. The summed E-state index contributed by atoms with van der Waals surface area (Å²) in [7, 11) is 1.50. The highest BCUT2D eigenvalue weighted by molar-refractivity contribution is 5.90. The predicted octanol–water partition coefficient (Wildman–Crippen LogP) is 4.88. The number of ether oxygens (including phenoxy) is 1. The molecule has 9 heteroatoms. The Hall–Kier alpha value is -4.45. The highest BCUT2D eigenvalue weighted by atomic mass is 19.1. The number of hydrogen-bond acceptors (Lipinski definition) is 6. The van der Waals surface area contributed by atoms with Gasteiger partial charge in [-0.1, -0.05) is 19.4 Å². The van der Waals surface area contributed by atoms with Gasteiger partial charge in [-0.2, -0.15) is 5.26 Å². The standard InChI is InChI=1S/C26H24FN5O3/c1-3-4-16-11-17(5-6-19(16)26(33)34)22-13-24(31-15-30-22)29-9-10-32-18(14-28)12-20-23(35-2)8-7-21(27)25(20)32/h5-8,11-13,15H,3-4,9-10H2,1-2H3,(H,33,34)(H,29,30,31). The molecular formula is C26H24FN5O3. The molecule has 0 saturated carbocycles. The fourth-order valence-corrected chi connectivity index (χ4v) is 4.16. The molecule has 0 bridgehead atoms. The zero-order chi connectivity index (χ0) is 24.9. The number of nitrogens with zero attached hydrogens (tertiary/aromatic N) is 4. The summed E-state index contributed by atoms with van der Waals surface area (Å²) in [5.41, 5.74) is 3.13. The summed E-state index contributed by atoms with van der Waals surface area (Å²) in [5.74, 6) is -0.323. The first-order valence-electron chi connectivity index (χ1n) is 11.1. The Morgan fingerprint density at radius 1 is 1.23 bits per heavy atom. The van der Waals surface area contributed by atoms with Crippen LogP contribution in [0.4, 0.5) is 10.2 Å². The van der Waals surface area contributed by atoms with Crippen molar-refractivity contribution in [2.75, 3.05) is 19.0 Å². The van der Waals surface area contributed by atoms with E-state index >= 15 is 0 Å². The number of aromatic carboxylic acids is 1. The first kappa shape index (κ1) is 23.7. The number of nitrogens with one attached hydrogen (secondary N) is 1.